The van der Waals surface area contributed by atoms with Gasteiger partial charge in [0, 0.05) is 30.0 Å². The fraction of sp³-hybridized carbons (Fsp3) is 0.273. The fourth-order valence-corrected chi connectivity index (χ4v) is 5.85. The molecule has 1 unspecified atom stereocenters. The average molecular weight is 730 g/mol. The van der Waals surface area contributed by atoms with Crippen molar-refractivity contribution < 1.29 is 58.8 Å². The first-order valence-corrected chi connectivity index (χ1v) is 16.4. The summed E-state index contributed by atoms with van der Waals surface area (Å²) in [5.74, 6) is -1.71. The van der Waals surface area contributed by atoms with Crippen LogP contribution in [0.3, 0.4) is 0 Å². The molecule has 1 aromatic heterocycles. The van der Waals surface area contributed by atoms with E-state index in [0.29, 0.717) is 0 Å². The molecular weight excluding hydrogens is 699 g/mol. The second kappa shape index (κ2) is 14.6. The van der Waals surface area contributed by atoms with Crippen LogP contribution in [0.25, 0.3) is 28.6 Å². The minimum Gasteiger partial charge on any atom is -0.484 e. The molecule has 0 saturated carbocycles. The number of methoxy groups -OCH3 is 1. The summed E-state index contributed by atoms with van der Waals surface area (Å²) in [7, 11) is -2.80. The molecule has 1 heterocycles. The van der Waals surface area contributed by atoms with Gasteiger partial charge in [0.2, 0.25) is 0 Å². The van der Waals surface area contributed by atoms with Crippen molar-refractivity contribution in [2.75, 3.05) is 13.4 Å². The molecule has 9 nitrogen and oxygen atoms in total. The van der Waals surface area contributed by atoms with Crippen molar-refractivity contribution in [1.82, 2.24) is 9.55 Å². The molecule has 0 aliphatic rings. The van der Waals surface area contributed by atoms with Gasteiger partial charge in [0.05, 0.1) is 36.1 Å². The van der Waals surface area contributed by atoms with E-state index >= 15 is 4.39 Å². The number of aliphatic imine (C=N–C) groups is 1. The van der Waals surface area contributed by atoms with Crippen LogP contribution in [0.4, 0.5) is 30.7 Å². The first kappa shape index (κ1) is 38.1. The highest BCUT2D eigenvalue weighted by atomic mass is 32.2. The van der Waals surface area contributed by atoms with Gasteiger partial charge in [0.15, 0.2) is 21.4 Å². The molecule has 0 amide bonds. The van der Waals surface area contributed by atoms with E-state index in [-0.39, 0.29) is 51.8 Å². The van der Waals surface area contributed by atoms with Gasteiger partial charge < -0.3 is 24.3 Å². The number of aromatic nitrogens is 2. The molecule has 0 spiro atoms. The zero-order valence-corrected chi connectivity index (χ0v) is 27.6. The van der Waals surface area contributed by atoms with Crippen molar-refractivity contribution in [1.29, 1.82) is 0 Å². The van der Waals surface area contributed by atoms with Crippen LogP contribution in [0.1, 0.15) is 41.6 Å². The third-order valence-corrected chi connectivity index (χ3v) is 8.28. The molecule has 4 rings (SSSR count). The van der Waals surface area contributed by atoms with Gasteiger partial charge in [-0.05, 0) is 73.0 Å². The number of benzene rings is 3. The lowest BCUT2D eigenvalue weighted by molar-refractivity contribution is -0.274. The lowest BCUT2D eigenvalue weighted by Gasteiger charge is -2.17. The molecule has 0 fully saturated rings. The Kier molecular flexibility index (Phi) is 11.1. The lowest BCUT2D eigenvalue weighted by atomic mass is 9.98. The maximum absolute atomic E-state index is 15.2. The highest BCUT2D eigenvalue weighted by Gasteiger charge is 2.35. The summed E-state index contributed by atoms with van der Waals surface area (Å²) < 4.78 is 130. The van der Waals surface area contributed by atoms with E-state index in [2.05, 4.69) is 14.7 Å². The van der Waals surface area contributed by atoms with Gasteiger partial charge in [-0.15, -0.1) is 13.2 Å². The summed E-state index contributed by atoms with van der Waals surface area (Å²) in [6, 6.07) is 10.8. The number of halogens is 7. The van der Waals surface area contributed by atoms with Crippen molar-refractivity contribution in [2.24, 2.45) is 4.99 Å². The second-order valence-corrected chi connectivity index (χ2v) is 13.0. The molecular formula is C33H30F7N3O6S. The van der Waals surface area contributed by atoms with Gasteiger partial charge in [0.25, 0.3) is 0 Å². The van der Waals surface area contributed by atoms with Crippen molar-refractivity contribution in [2.45, 2.75) is 50.4 Å². The molecule has 0 radical (unpaired) electrons. The summed E-state index contributed by atoms with van der Waals surface area (Å²) in [5.41, 5.74) is -1.18. The molecule has 4 aromatic rings. The Balaban J connectivity index is 2.07. The second-order valence-electron chi connectivity index (χ2n) is 11.0. The Morgan fingerprint density at radius 3 is 2.22 bits per heavy atom. The van der Waals surface area contributed by atoms with E-state index in [1.54, 1.807) is 0 Å². The van der Waals surface area contributed by atoms with E-state index in [0.717, 1.165) is 41.3 Å². The number of hydrogen-bond donors (Lipinski definition) is 2. The Morgan fingerprint density at radius 2 is 1.70 bits per heavy atom. The van der Waals surface area contributed by atoms with Crippen molar-refractivity contribution in [3.05, 3.63) is 94.8 Å². The highest BCUT2D eigenvalue weighted by Crippen LogP contribution is 2.36. The van der Waals surface area contributed by atoms with E-state index < -0.39 is 62.8 Å². The van der Waals surface area contributed by atoms with Crippen LogP contribution in [0.15, 0.2) is 70.7 Å². The number of nitrogens with zero attached hydrogens (tertiary/aromatic N) is 3. The van der Waals surface area contributed by atoms with Crippen molar-refractivity contribution in [3.8, 4) is 22.6 Å². The van der Waals surface area contributed by atoms with Gasteiger partial charge in [-0.25, -0.2) is 22.8 Å². The third-order valence-electron chi connectivity index (χ3n) is 7.12. The quantitative estimate of drug-likeness (QED) is 0.0772. The molecule has 268 valence electrons. The maximum Gasteiger partial charge on any atom is 0.573 e. The number of imidazole rings is 1. The molecule has 1 atom stereocenters. The summed E-state index contributed by atoms with van der Waals surface area (Å²) in [6.45, 7) is 1.84. The van der Waals surface area contributed by atoms with Gasteiger partial charge in [-0.2, -0.15) is 13.2 Å². The number of aliphatic hydroxyl groups excluding tert-OH is 2. The van der Waals surface area contributed by atoms with Gasteiger partial charge in [-0.1, -0.05) is 18.2 Å². The number of aryl methyl sites for hydroxylation is 1. The van der Waals surface area contributed by atoms with E-state index in [4.69, 9.17) is 4.74 Å². The number of sulfone groups is 1. The summed E-state index contributed by atoms with van der Waals surface area (Å²) in [4.78, 5) is 7.65. The van der Waals surface area contributed by atoms with Crippen molar-refractivity contribution in [3.63, 3.8) is 0 Å². The van der Waals surface area contributed by atoms with E-state index in [9.17, 15) is 45.0 Å². The van der Waals surface area contributed by atoms with Crippen molar-refractivity contribution >= 4 is 27.5 Å². The largest absolute Gasteiger partial charge is 0.573 e. The number of rotatable bonds is 10. The molecule has 0 saturated heterocycles. The van der Waals surface area contributed by atoms with Crippen LogP contribution in [-0.4, -0.2) is 59.9 Å². The van der Waals surface area contributed by atoms with E-state index in [1.807, 2.05) is 0 Å². The molecule has 0 aliphatic carbocycles. The van der Waals surface area contributed by atoms with Gasteiger partial charge in [0.1, 0.15) is 17.4 Å². The smallest absolute Gasteiger partial charge is 0.484 e. The predicted molar refractivity (Wildman–Crippen MR) is 169 cm³/mol. The first-order chi connectivity index (χ1) is 23.2. The molecule has 17 heteroatoms. The standard InChI is InChI=1S/C33H30F7N3O6S/c1-18(45)11-31(48-3)42-27(12-20-5-8-23(9-6-20)49-33(38,39)40)24-13-21(22-14-26(34)25(17-44)29(15-22)50(4,46)47)7-10-28(24)43-16-30(32(35,36)37)41-19(43)2/h5-10,12-16,18,44-45H,11,17H2,1-4H3/b27-12+,42-31?. The van der Waals surface area contributed by atoms with Crippen LogP contribution in [0.5, 0.6) is 5.75 Å². The zero-order valence-electron chi connectivity index (χ0n) is 26.8. The monoisotopic (exact) mass is 729 g/mol. The summed E-state index contributed by atoms with van der Waals surface area (Å²) >= 11 is 0. The molecule has 2 N–H and O–H groups in total. The maximum atomic E-state index is 15.2. The summed E-state index contributed by atoms with van der Waals surface area (Å²) in [5, 5.41) is 19.7. The van der Waals surface area contributed by atoms with E-state index in [1.165, 1.54) is 57.4 Å². The zero-order chi connectivity index (χ0) is 37.2. The van der Waals surface area contributed by atoms with Crippen LogP contribution in [0, 0.1) is 12.7 Å². The normalized spacial score (nSPS) is 13.8. The van der Waals surface area contributed by atoms with Crippen LogP contribution in [-0.2, 0) is 27.4 Å². The number of hydrogen-bond acceptors (Lipinski definition) is 8. The van der Waals surface area contributed by atoms with Crippen LogP contribution in [0.2, 0.25) is 0 Å². The minimum atomic E-state index is -4.96. The molecule has 3 aromatic carbocycles. The Bertz CT molecular complexity index is 2040. The Labute approximate surface area is 281 Å². The SMILES string of the molecule is COC(CC(C)O)=N/C(=C/c1ccc(OC(F)(F)F)cc1)c1cc(-c2cc(F)c(CO)c(S(C)(=O)=O)c2)ccc1-n1cc(C(F)(F)F)nc1C. The Morgan fingerprint density at radius 1 is 1.04 bits per heavy atom. The van der Waals surface area contributed by atoms with Crippen LogP contribution < -0.4 is 4.74 Å². The van der Waals surface area contributed by atoms with Gasteiger partial charge in [-0.3, -0.25) is 0 Å². The fourth-order valence-electron chi connectivity index (χ4n) is 4.90. The number of alkyl halides is 6. The number of ether oxygens (including phenoxy) is 2. The average Bonchev–Trinajstić information content (AvgIpc) is 3.41. The first-order valence-electron chi connectivity index (χ1n) is 14.5. The molecule has 0 bridgehead atoms. The molecule has 0 aliphatic heterocycles. The molecule has 50 heavy (non-hydrogen) atoms. The Hall–Kier alpha value is -4.74. The van der Waals surface area contributed by atoms with Crippen LogP contribution >= 0.6 is 0 Å². The van der Waals surface area contributed by atoms with Gasteiger partial charge >= 0.3 is 12.5 Å². The number of aliphatic hydroxyl groups is 2. The highest BCUT2D eigenvalue weighted by molar-refractivity contribution is 7.90. The lowest BCUT2D eigenvalue weighted by Crippen LogP contribution is -2.16. The minimum absolute atomic E-state index is 0.0131. The predicted octanol–water partition coefficient (Wildman–Crippen LogP) is 7.11. The third kappa shape index (κ3) is 9.28. The topological polar surface area (TPSA) is 123 Å². The summed E-state index contributed by atoms with van der Waals surface area (Å²) in [6.07, 6.45) is -7.93.